The van der Waals surface area contributed by atoms with Crippen molar-refractivity contribution in [2.75, 3.05) is 4.72 Å². The second-order valence-corrected chi connectivity index (χ2v) is 7.99. The summed E-state index contributed by atoms with van der Waals surface area (Å²) in [5.74, 6) is 0. The van der Waals surface area contributed by atoms with E-state index in [-0.39, 0.29) is 4.90 Å². The molecule has 3 nitrogen and oxygen atoms in total. The third kappa shape index (κ3) is 3.68. The summed E-state index contributed by atoms with van der Waals surface area (Å²) in [4.78, 5) is 0.285. The summed E-state index contributed by atoms with van der Waals surface area (Å²) in [6.07, 6.45) is 2.00. The van der Waals surface area contributed by atoms with E-state index in [9.17, 15) is 8.42 Å². The van der Waals surface area contributed by atoms with E-state index < -0.39 is 10.0 Å². The van der Waals surface area contributed by atoms with E-state index in [0.29, 0.717) is 5.69 Å². The lowest BCUT2D eigenvalue weighted by atomic mass is 10.1. The molecule has 0 atom stereocenters. The molecular formula is C19H19NO2S2. The topological polar surface area (TPSA) is 46.2 Å². The summed E-state index contributed by atoms with van der Waals surface area (Å²) >= 11 is 1.48. The molecule has 124 valence electrons. The number of rotatable bonds is 6. The minimum Gasteiger partial charge on any atom is -0.278 e. The summed E-state index contributed by atoms with van der Waals surface area (Å²) < 4.78 is 28.0. The summed E-state index contributed by atoms with van der Waals surface area (Å²) in [6.45, 7) is 2.11. The van der Waals surface area contributed by atoms with Crippen molar-refractivity contribution in [3.8, 4) is 11.1 Å². The number of anilines is 1. The third-order valence-electron chi connectivity index (χ3n) is 3.76. The van der Waals surface area contributed by atoms with Crippen LogP contribution >= 0.6 is 11.3 Å². The Labute approximate surface area is 147 Å². The number of hydrogen-bond donors (Lipinski definition) is 1. The first-order valence-electron chi connectivity index (χ1n) is 7.83. The van der Waals surface area contributed by atoms with Crippen LogP contribution in [0, 0.1) is 0 Å². The van der Waals surface area contributed by atoms with Gasteiger partial charge in [0.1, 0.15) is 0 Å². The molecule has 0 amide bonds. The van der Waals surface area contributed by atoms with Gasteiger partial charge in [0.05, 0.1) is 10.6 Å². The number of aryl methyl sites for hydroxylation is 1. The normalized spacial score (nSPS) is 11.4. The Bertz CT molecular complexity index is 898. The molecule has 0 saturated carbocycles. The highest BCUT2D eigenvalue weighted by Crippen LogP contribution is 2.33. The number of benzene rings is 2. The standard InChI is InChI=1S/C19H19NO2S2/c1-2-6-15-9-11-17(12-10-15)24(21,22)20-19-14-23-13-18(19)16-7-4-3-5-8-16/h3-5,7-14,20H,2,6H2,1H3. The average Bonchev–Trinajstić information content (AvgIpc) is 3.04. The molecule has 1 N–H and O–H groups in total. The van der Waals surface area contributed by atoms with Gasteiger partial charge in [0.15, 0.2) is 0 Å². The van der Waals surface area contributed by atoms with Gasteiger partial charge in [-0.1, -0.05) is 55.8 Å². The first kappa shape index (κ1) is 16.7. The van der Waals surface area contributed by atoms with Crippen molar-refractivity contribution in [1.82, 2.24) is 0 Å². The van der Waals surface area contributed by atoms with Crippen LogP contribution in [0.1, 0.15) is 18.9 Å². The molecule has 24 heavy (non-hydrogen) atoms. The molecule has 0 aliphatic rings. The van der Waals surface area contributed by atoms with Gasteiger partial charge < -0.3 is 0 Å². The molecule has 0 saturated heterocycles. The molecule has 0 fully saturated rings. The molecule has 0 aliphatic carbocycles. The van der Waals surface area contributed by atoms with E-state index in [2.05, 4.69) is 11.6 Å². The fourth-order valence-electron chi connectivity index (χ4n) is 2.54. The average molecular weight is 358 g/mol. The van der Waals surface area contributed by atoms with Crippen molar-refractivity contribution in [1.29, 1.82) is 0 Å². The molecule has 0 unspecified atom stereocenters. The maximum Gasteiger partial charge on any atom is 0.261 e. The van der Waals surface area contributed by atoms with E-state index in [1.165, 1.54) is 11.3 Å². The first-order chi connectivity index (χ1) is 11.6. The van der Waals surface area contributed by atoms with Gasteiger partial charge in [-0.3, -0.25) is 4.72 Å². The highest BCUT2D eigenvalue weighted by Gasteiger charge is 2.17. The molecule has 3 aromatic rings. The fraction of sp³-hybridized carbons (Fsp3) is 0.158. The summed E-state index contributed by atoms with van der Waals surface area (Å²) in [7, 11) is -3.59. The second-order valence-electron chi connectivity index (χ2n) is 5.56. The van der Waals surface area contributed by atoms with Crippen molar-refractivity contribution in [2.45, 2.75) is 24.7 Å². The van der Waals surface area contributed by atoms with Gasteiger partial charge >= 0.3 is 0 Å². The van der Waals surface area contributed by atoms with E-state index in [1.54, 1.807) is 12.1 Å². The Balaban J connectivity index is 1.87. The van der Waals surface area contributed by atoms with E-state index in [1.807, 2.05) is 53.2 Å². The second kappa shape index (κ2) is 7.20. The molecule has 3 rings (SSSR count). The van der Waals surface area contributed by atoms with E-state index >= 15 is 0 Å². The van der Waals surface area contributed by atoms with Gasteiger partial charge in [-0.05, 0) is 29.7 Å². The highest BCUT2D eigenvalue weighted by atomic mass is 32.2. The van der Waals surface area contributed by atoms with Crippen molar-refractivity contribution in [3.05, 3.63) is 70.9 Å². The highest BCUT2D eigenvalue weighted by molar-refractivity contribution is 7.92. The molecule has 5 heteroatoms. The summed E-state index contributed by atoms with van der Waals surface area (Å²) in [6, 6.07) is 16.9. The minimum absolute atomic E-state index is 0.285. The van der Waals surface area contributed by atoms with Gasteiger partial charge in [0, 0.05) is 16.3 Å². The molecule has 1 heterocycles. The first-order valence-corrected chi connectivity index (χ1v) is 10.3. The van der Waals surface area contributed by atoms with Crippen LogP contribution in [0.15, 0.2) is 70.3 Å². The smallest absolute Gasteiger partial charge is 0.261 e. The van der Waals surface area contributed by atoms with Crippen LogP contribution < -0.4 is 4.72 Å². The van der Waals surface area contributed by atoms with Crippen molar-refractivity contribution >= 4 is 27.0 Å². The minimum atomic E-state index is -3.59. The van der Waals surface area contributed by atoms with Crippen LogP contribution in [0.2, 0.25) is 0 Å². The van der Waals surface area contributed by atoms with Crippen LogP contribution in [0.3, 0.4) is 0 Å². The lowest BCUT2D eigenvalue weighted by Crippen LogP contribution is -2.13. The molecular weight excluding hydrogens is 338 g/mol. The number of sulfonamides is 1. The van der Waals surface area contributed by atoms with Crippen LogP contribution in [-0.4, -0.2) is 8.42 Å². The van der Waals surface area contributed by atoms with Crippen LogP contribution in [0.4, 0.5) is 5.69 Å². The number of hydrogen-bond acceptors (Lipinski definition) is 3. The maximum atomic E-state index is 12.6. The number of nitrogens with one attached hydrogen (secondary N) is 1. The Morgan fingerprint density at radius 2 is 1.67 bits per heavy atom. The van der Waals surface area contributed by atoms with Gasteiger partial charge in [-0.25, -0.2) is 8.42 Å². The molecule has 2 aromatic carbocycles. The van der Waals surface area contributed by atoms with Gasteiger partial charge in [0.25, 0.3) is 10.0 Å². The van der Waals surface area contributed by atoms with Crippen molar-refractivity contribution in [2.24, 2.45) is 0 Å². The van der Waals surface area contributed by atoms with Gasteiger partial charge in [0.2, 0.25) is 0 Å². The Morgan fingerprint density at radius 1 is 0.958 bits per heavy atom. The zero-order chi connectivity index (χ0) is 17.0. The fourth-order valence-corrected chi connectivity index (χ4v) is 4.48. The van der Waals surface area contributed by atoms with Crippen molar-refractivity contribution in [3.63, 3.8) is 0 Å². The van der Waals surface area contributed by atoms with Crippen LogP contribution in [0.25, 0.3) is 11.1 Å². The maximum absolute atomic E-state index is 12.6. The summed E-state index contributed by atoms with van der Waals surface area (Å²) in [5.41, 5.74) is 3.65. The van der Waals surface area contributed by atoms with Crippen molar-refractivity contribution < 1.29 is 8.42 Å². The monoisotopic (exact) mass is 357 g/mol. The van der Waals surface area contributed by atoms with E-state index in [0.717, 1.165) is 29.5 Å². The predicted molar refractivity (Wildman–Crippen MR) is 101 cm³/mol. The SMILES string of the molecule is CCCc1ccc(S(=O)(=O)Nc2cscc2-c2ccccc2)cc1. The zero-order valence-corrected chi connectivity index (χ0v) is 15.0. The lowest BCUT2D eigenvalue weighted by Gasteiger charge is -2.10. The Morgan fingerprint density at radius 3 is 2.33 bits per heavy atom. The molecule has 0 bridgehead atoms. The van der Waals surface area contributed by atoms with Crippen LogP contribution in [0.5, 0.6) is 0 Å². The lowest BCUT2D eigenvalue weighted by molar-refractivity contribution is 0.601. The van der Waals surface area contributed by atoms with Gasteiger partial charge in [-0.2, -0.15) is 0 Å². The third-order valence-corrected chi connectivity index (χ3v) is 5.89. The summed E-state index contributed by atoms with van der Waals surface area (Å²) in [5, 5.41) is 3.78. The van der Waals surface area contributed by atoms with E-state index in [4.69, 9.17) is 0 Å². The van der Waals surface area contributed by atoms with Crippen LogP contribution in [-0.2, 0) is 16.4 Å². The molecule has 0 aliphatic heterocycles. The quantitative estimate of drug-likeness (QED) is 0.661. The Kier molecular flexibility index (Phi) is 5.02. The number of thiophene rings is 1. The largest absolute Gasteiger partial charge is 0.278 e. The zero-order valence-electron chi connectivity index (χ0n) is 13.4. The molecule has 0 spiro atoms. The molecule has 0 radical (unpaired) electrons. The van der Waals surface area contributed by atoms with Gasteiger partial charge in [-0.15, -0.1) is 11.3 Å². The molecule has 1 aromatic heterocycles. The predicted octanol–water partition coefficient (Wildman–Crippen LogP) is 5.17. The Hall–Kier alpha value is -2.11.